The van der Waals surface area contributed by atoms with Crippen LogP contribution in [-0.2, 0) is 4.79 Å². The van der Waals surface area contributed by atoms with Crippen molar-refractivity contribution < 1.29 is 9.90 Å². The van der Waals surface area contributed by atoms with Crippen molar-refractivity contribution in [2.24, 2.45) is 17.1 Å². The number of nitrogens with one attached hydrogen (secondary N) is 1. The number of aliphatic hydroxyl groups excluding tert-OH is 1. The summed E-state index contributed by atoms with van der Waals surface area (Å²) >= 11 is 0. The average Bonchev–Trinajstić information content (AvgIpc) is 2.11. The van der Waals surface area contributed by atoms with E-state index >= 15 is 0 Å². The summed E-state index contributed by atoms with van der Waals surface area (Å²) in [5.41, 5.74) is 4.75. The predicted octanol–water partition coefficient (Wildman–Crippen LogP) is 0.495. The Morgan fingerprint density at radius 3 is 2.20 bits per heavy atom. The molecule has 1 amide bonds. The highest BCUT2D eigenvalue weighted by molar-refractivity contribution is 5.83. The first kappa shape index (κ1) is 14.4. The van der Waals surface area contributed by atoms with Gasteiger partial charge in [-0.25, -0.2) is 0 Å². The lowest BCUT2D eigenvalue weighted by Gasteiger charge is -2.37. The van der Waals surface area contributed by atoms with E-state index in [9.17, 15) is 4.79 Å². The largest absolute Gasteiger partial charge is 0.396 e. The van der Waals surface area contributed by atoms with Crippen LogP contribution in [0.4, 0.5) is 0 Å². The van der Waals surface area contributed by atoms with Gasteiger partial charge in [0.2, 0.25) is 5.91 Å². The minimum Gasteiger partial charge on any atom is -0.396 e. The minimum atomic E-state index is -0.623. The fourth-order valence-corrected chi connectivity index (χ4v) is 0.845. The normalized spacial score (nSPS) is 14.9. The topological polar surface area (TPSA) is 75.3 Å². The molecule has 4 nitrogen and oxygen atoms in total. The van der Waals surface area contributed by atoms with Crippen LogP contribution < -0.4 is 11.1 Å². The molecule has 0 radical (unpaired) electrons. The van der Waals surface area contributed by atoms with Crippen molar-refractivity contribution in [3.8, 4) is 0 Å². The number of carbonyl (C=O) groups is 1. The van der Waals surface area contributed by atoms with Gasteiger partial charge in [-0.05, 0) is 33.6 Å². The van der Waals surface area contributed by atoms with E-state index in [0.29, 0.717) is 6.54 Å². The lowest BCUT2D eigenvalue weighted by atomic mass is 9.74. The Kier molecular flexibility index (Phi) is 4.74. The van der Waals surface area contributed by atoms with Crippen molar-refractivity contribution in [2.75, 3.05) is 13.2 Å². The fraction of sp³-hybridized carbons (Fsp3) is 0.909. The summed E-state index contributed by atoms with van der Waals surface area (Å²) in [5, 5.41) is 11.6. The Hall–Kier alpha value is -0.610. The zero-order chi connectivity index (χ0) is 12.3. The predicted molar refractivity (Wildman–Crippen MR) is 61.3 cm³/mol. The van der Waals surface area contributed by atoms with E-state index in [1.54, 1.807) is 0 Å². The van der Waals surface area contributed by atoms with Gasteiger partial charge in [-0.2, -0.15) is 0 Å². The van der Waals surface area contributed by atoms with Crippen LogP contribution >= 0.6 is 0 Å². The molecule has 0 rings (SSSR count). The van der Waals surface area contributed by atoms with Crippen molar-refractivity contribution in [1.82, 2.24) is 5.32 Å². The lowest BCUT2D eigenvalue weighted by Crippen LogP contribution is -2.56. The van der Waals surface area contributed by atoms with Gasteiger partial charge in [0.1, 0.15) is 0 Å². The van der Waals surface area contributed by atoms with Crippen molar-refractivity contribution in [3.63, 3.8) is 0 Å². The Balaban J connectivity index is 4.33. The van der Waals surface area contributed by atoms with E-state index in [1.165, 1.54) is 0 Å². The van der Waals surface area contributed by atoms with E-state index in [-0.39, 0.29) is 18.4 Å². The number of hydrogen-bond donors (Lipinski definition) is 3. The number of carbonyl (C=O) groups excluding carboxylic acids is 1. The first-order chi connectivity index (χ1) is 6.63. The molecule has 4 N–H and O–H groups in total. The summed E-state index contributed by atoms with van der Waals surface area (Å²) in [6, 6.07) is 0. The van der Waals surface area contributed by atoms with Gasteiger partial charge in [-0.1, -0.05) is 6.92 Å². The molecule has 0 aliphatic rings. The van der Waals surface area contributed by atoms with Gasteiger partial charge >= 0.3 is 0 Å². The van der Waals surface area contributed by atoms with E-state index in [2.05, 4.69) is 5.32 Å². The molecule has 4 heteroatoms. The molecule has 0 saturated carbocycles. The number of hydrogen-bond acceptors (Lipinski definition) is 3. The molecule has 1 atom stereocenters. The molecule has 0 saturated heterocycles. The van der Waals surface area contributed by atoms with Gasteiger partial charge in [-0.3, -0.25) is 4.79 Å². The second-order valence-corrected chi connectivity index (χ2v) is 5.34. The molecule has 90 valence electrons. The van der Waals surface area contributed by atoms with Crippen LogP contribution in [0, 0.1) is 11.3 Å². The smallest absolute Gasteiger partial charge is 0.227 e. The summed E-state index contributed by atoms with van der Waals surface area (Å²) in [6.45, 7) is 9.75. The van der Waals surface area contributed by atoms with Gasteiger partial charge < -0.3 is 16.2 Å². The third-order valence-corrected chi connectivity index (χ3v) is 3.10. The van der Waals surface area contributed by atoms with Crippen LogP contribution in [0.2, 0.25) is 0 Å². The van der Waals surface area contributed by atoms with Gasteiger partial charge in [-0.15, -0.1) is 0 Å². The van der Waals surface area contributed by atoms with E-state index in [4.69, 9.17) is 10.8 Å². The molecule has 1 unspecified atom stereocenters. The van der Waals surface area contributed by atoms with Crippen LogP contribution in [0.15, 0.2) is 0 Å². The number of amides is 1. The first-order valence-electron chi connectivity index (χ1n) is 5.31. The zero-order valence-electron chi connectivity index (χ0n) is 10.4. The standard InChI is InChI=1S/C11H24N2O2/c1-8(7-14)6-13-9(15)10(2,3)11(4,5)12/h8,14H,6-7,12H2,1-5H3,(H,13,15). The van der Waals surface area contributed by atoms with Gasteiger partial charge in [0.05, 0.1) is 5.41 Å². The van der Waals surface area contributed by atoms with Gasteiger partial charge in [0.25, 0.3) is 0 Å². The number of aliphatic hydroxyl groups is 1. The fourth-order valence-electron chi connectivity index (χ4n) is 0.845. The molecular formula is C11H24N2O2. The third-order valence-electron chi connectivity index (χ3n) is 3.10. The maximum atomic E-state index is 11.9. The third kappa shape index (κ3) is 3.80. The highest BCUT2D eigenvalue weighted by Gasteiger charge is 2.40. The van der Waals surface area contributed by atoms with Gasteiger partial charge in [0, 0.05) is 18.7 Å². The van der Waals surface area contributed by atoms with Gasteiger partial charge in [0.15, 0.2) is 0 Å². The Labute approximate surface area is 92.2 Å². The van der Waals surface area contributed by atoms with Crippen LogP contribution in [-0.4, -0.2) is 29.7 Å². The molecule has 0 aromatic carbocycles. The maximum Gasteiger partial charge on any atom is 0.227 e. The Bertz CT molecular complexity index is 219. The molecule has 0 fully saturated rings. The van der Waals surface area contributed by atoms with E-state index in [1.807, 2.05) is 34.6 Å². The second kappa shape index (κ2) is 4.94. The highest BCUT2D eigenvalue weighted by Crippen LogP contribution is 2.28. The molecule has 0 bridgehead atoms. The van der Waals surface area contributed by atoms with Crippen molar-refractivity contribution in [1.29, 1.82) is 0 Å². The van der Waals surface area contributed by atoms with Crippen LogP contribution in [0.3, 0.4) is 0 Å². The molecule has 0 aliphatic carbocycles. The monoisotopic (exact) mass is 216 g/mol. The molecular weight excluding hydrogens is 192 g/mol. The van der Waals surface area contributed by atoms with E-state index < -0.39 is 11.0 Å². The average molecular weight is 216 g/mol. The number of rotatable bonds is 5. The Morgan fingerprint density at radius 2 is 1.87 bits per heavy atom. The minimum absolute atomic E-state index is 0.0738. The van der Waals surface area contributed by atoms with Crippen molar-refractivity contribution in [3.05, 3.63) is 0 Å². The van der Waals surface area contributed by atoms with Crippen LogP contribution in [0.25, 0.3) is 0 Å². The summed E-state index contributed by atoms with van der Waals surface area (Å²) in [4.78, 5) is 11.9. The summed E-state index contributed by atoms with van der Waals surface area (Å²) in [6.07, 6.45) is 0. The molecule has 0 aliphatic heterocycles. The van der Waals surface area contributed by atoms with E-state index in [0.717, 1.165) is 0 Å². The second-order valence-electron chi connectivity index (χ2n) is 5.34. The molecule has 0 aromatic rings. The molecule has 0 aromatic heterocycles. The lowest BCUT2D eigenvalue weighted by molar-refractivity contribution is -0.132. The summed E-state index contributed by atoms with van der Waals surface area (Å²) < 4.78 is 0. The molecule has 15 heavy (non-hydrogen) atoms. The molecule has 0 heterocycles. The van der Waals surface area contributed by atoms with Crippen molar-refractivity contribution >= 4 is 5.91 Å². The summed E-state index contributed by atoms with van der Waals surface area (Å²) in [7, 11) is 0. The SMILES string of the molecule is CC(CO)CNC(=O)C(C)(C)C(C)(C)N. The van der Waals surface area contributed by atoms with Crippen molar-refractivity contribution in [2.45, 2.75) is 40.2 Å². The summed E-state index contributed by atoms with van der Waals surface area (Å²) in [5.74, 6) is 0.000867. The first-order valence-corrected chi connectivity index (χ1v) is 5.31. The maximum absolute atomic E-state index is 11.9. The van der Waals surface area contributed by atoms with Crippen LogP contribution in [0.1, 0.15) is 34.6 Å². The van der Waals surface area contributed by atoms with Crippen LogP contribution in [0.5, 0.6) is 0 Å². The quantitative estimate of drug-likeness (QED) is 0.626. The zero-order valence-corrected chi connectivity index (χ0v) is 10.4. The highest BCUT2D eigenvalue weighted by atomic mass is 16.3. The molecule has 0 spiro atoms. The number of nitrogens with two attached hydrogens (primary N) is 1. The Morgan fingerprint density at radius 1 is 1.40 bits per heavy atom.